The van der Waals surface area contributed by atoms with Gasteiger partial charge in [0.25, 0.3) is 0 Å². The van der Waals surface area contributed by atoms with E-state index in [2.05, 4.69) is 5.32 Å². The summed E-state index contributed by atoms with van der Waals surface area (Å²) in [6, 6.07) is 16.2. The van der Waals surface area contributed by atoms with E-state index in [1.807, 2.05) is 18.2 Å². The van der Waals surface area contributed by atoms with Gasteiger partial charge in [0, 0.05) is 18.0 Å². The Kier molecular flexibility index (Phi) is 6.88. The van der Waals surface area contributed by atoms with Crippen molar-refractivity contribution >= 4 is 23.5 Å². The first-order valence-electron chi connectivity index (χ1n) is 10.3. The summed E-state index contributed by atoms with van der Waals surface area (Å²) in [5, 5.41) is 1.71. The van der Waals surface area contributed by atoms with Gasteiger partial charge in [-0.3, -0.25) is 0 Å². The molecule has 1 unspecified atom stereocenters. The Hall–Kier alpha value is -3.34. The number of amides is 2. The molecule has 4 nitrogen and oxygen atoms in total. The van der Waals surface area contributed by atoms with Crippen molar-refractivity contribution in [2.75, 3.05) is 17.6 Å². The van der Waals surface area contributed by atoms with Crippen molar-refractivity contribution in [2.24, 2.45) is 0 Å². The second-order valence-electron chi connectivity index (χ2n) is 7.63. The smallest absolute Gasteiger partial charge is 0.416 e. The maximum atomic E-state index is 13.1. The van der Waals surface area contributed by atoms with E-state index >= 15 is 0 Å². The molecule has 1 N–H and O–H groups in total. The number of halogens is 6. The van der Waals surface area contributed by atoms with E-state index in [4.69, 9.17) is 4.74 Å². The molecule has 1 saturated heterocycles. The van der Waals surface area contributed by atoms with Crippen molar-refractivity contribution in [3.05, 3.63) is 89.5 Å². The second kappa shape index (κ2) is 9.73. The third-order valence-electron chi connectivity index (χ3n) is 5.11. The summed E-state index contributed by atoms with van der Waals surface area (Å²) in [5.41, 5.74) is -2.88. The molecular weight excluding hydrogens is 494 g/mol. The van der Waals surface area contributed by atoms with Crippen LogP contribution in [0.4, 0.5) is 36.8 Å². The summed E-state index contributed by atoms with van der Waals surface area (Å²) >= 11 is 1.42. The molecule has 1 aliphatic rings. The first-order chi connectivity index (χ1) is 16.5. The lowest BCUT2D eigenvalue weighted by atomic mass is 10.1. The van der Waals surface area contributed by atoms with Crippen LogP contribution in [0.25, 0.3) is 0 Å². The van der Waals surface area contributed by atoms with Gasteiger partial charge in [0.2, 0.25) is 0 Å². The van der Waals surface area contributed by atoms with Gasteiger partial charge >= 0.3 is 18.4 Å². The van der Waals surface area contributed by atoms with Crippen LogP contribution in [-0.4, -0.2) is 23.2 Å². The fourth-order valence-corrected chi connectivity index (χ4v) is 4.78. The van der Waals surface area contributed by atoms with Gasteiger partial charge < -0.3 is 15.0 Å². The number of ether oxygens (including phenoxy) is 1. The number of para-hydroxylation sites is 1. The quantitative estimate of drug-likeness (QED) is 0.363. The maximum absolute atomic E-state index is 13.1. The standard InChI is InChI=1S/C24H18F6N2O2S/c25-23(26,27)16-12-17(24(28,29)30)14-18(13-16)31-22(33)32-9-10-35-21(32)15-5-4-8-20(11-15)34-19-6-2-1-3-7-19/h1-8,11-14,21H,9-10H2,(H,31,33). The fourth-order valence-electron chi connectivity index (χ4n) is 3.53. The molecule has 2 amide bonds. The van der Waals surface area contributed by atoms with Crippen LogP contribution in [0.3, 0.4) is 0 Å². The van der Waals surface area contributed by atoms with E-state index in [1.165, 1.54) is 16.7 Å². The maximum Gasteiger partial charge on any atom is 0.416 e. The van der Waals surface area contributed by atoms with Crippen LogP contribution in [0.2, 0.25) is 0 Å². The zero-order valence-corrected chi connectivity index (χ0v) is 18.7. The highest BCUT2D eigenvalue weighted by Gasteiger charge is 2.38. The lowest BCUT2D eigenvalue weighted by Gasteiger charge is -2.25. The van der Waals surface area contributed by atoms with Crippen molar-refractivity contribution < 1.29 is 35.9 Å². The normalized spacial score (nSPS) is 16.3. The van der Waals surface area contributed by atoms with E-state index in [1.54, 1.807) is 36.4 Å². The summed E-state index contributed by atoms with van der Waals surface area (Å²) in [4.78, 5) is 14.3. The number of anilines is 1. The number of benzene rings is 3. The van der Waals surface area contributed by atoms with Crippen molar-refractivity contribution in [1.82, 2.24) is 4.90 Å². The number of alkyl halides is 6. The number of hydrogen-bond acceptors (Lipinski definition) is 3. The molecular formula is C24H18F6N2O2S. The van der Waals surface area contributed by atoms with Crippen LogP contribution in [0.5, 0.6) is 11.5 Å². The minimum Gasteiger partial charge on any atom is -0.457 e. The Morgan fingerprint density at radius 2 is 1.49 bits per heavy atom. The Bertz CT molecular complexity index is 1170. The van der Waals surface area contributed by atoms with Crippen LogP contribution in [0, 0.1) is 0 Å². The zero-order valence-electron chi connectivity index (χ0n) is 17.9. The van der Waals surface area contributed by atoms with Gasteiger partial charge in [-0.15, -0.1) is 11.8 Å². The number of rotatable bonds is 4. The molecule has 4 rings (SSSR count). The van der Waals surface area contributed by atoms with Crippen LogP contribution < -0.4 is 10.1 Å². The molecule has 11 heteroatoms. The number of nitrogens with zero attached hydrogens (tertiary/aromatic N) is 1. The second-order valence-corrected chi connectivity index (χ2v) is 8.82. The third kappa shape index (κ3) is 6.02. The molecule has 1 fully saturated rings. The third-order valence-corrected chi connectivity index (χ3v) is 6.37. The Morgan fingerprint density at radius 3 is 2.11 bits per heavy atom. The summed E-state index contributed by atoms with van der Waals surface area (Å²) in [5.74, 6) is 1.68. The van der Waals surface area contributed by atoms with Crippen LogP contribution in [0.1, 0.15) is 22.1 Å². The molecule has 1 aliphatic heterocycles. The van der Waals surface area contributed by atoms with Gasteiger partial charge in [0.1, 0.15) is 16.9 Å². The van der Waals surface area contributed by atoms with Gasteiger partial charge in [-0.25, -0.2) is 4.79 Å². The van der Waals surface area contributed by atoms with E-state index in [0.717, 1.165) is 0 Å². The highest BCUT2D eigenvalue weighted by molar-refractivity contribution is 7.99. The van der Waals surface area contributed by atoms with Crippen molar-refractivity contribution in [1.29, 1.82) is 0 Å². The number of hydrogen-bond donors (Lipinski definition) is 1. The predicted octanol–water partition coefficient (Wildman–Crippen LogP) is 7.80. The zero-order chi connectivity index (χ0) is 25.2. The first kappa shape index (κ1) is 24.8. The van der Waals surface area contributed by atoms with Gasteiger partial charge in [0.05, 0.1) is 11.1 Å². The van der Waals surface area contributed by atoms with Crippen molar-refractivity contribution in [3.63, 3.8) is 0 Å². The molecule has 0 saturated carbocycles. The fraction of sp³-hybridized carbons (Fsp3) is 0.208. The minimum absolute atomic E-state index is 0.0163. The molecule has 3 aromatic rings. The molecule has 184 valence electrons. The number of carbonyl (C=O) groups excluding carboxylic acids is 1. The number of urea groups is 1. The molecule has 3 aromatic carbocycles. The van der Waals surface area contributed by atoms with Gasteiger partial charge in [-0.05, 0) is 48.0 Å². The van der Waals surface area contributed by atoms with Crippen LogP contribution >= 0.6 is 11.8 Å². The first-order valence-corrected chi connectivity index (χ1v) is 11.4. The molecule has 0 aromatic heterocycles. The van der Waals surface area contributed by atoms with E-state index < -0.39 is 40.6 Å². The monoisotopic (exact) mass is 512 g/mol. The lowest BCUT2D eigenvalue weighted by molar-refractivity contribution is -0.143. The Labute approximate surface area is 200 Å². The molecule has 0 spiro atoms. The predicted molar refractivity (Wildman–Crippen MR) is 120 cm³/mol. The highest BCUT2D eigenvalue weighted by atomic mass is 32.2. The largest absolute Gasteiger partial charge is 0.457 e. The average molecular weight is 512 g/mol. The Balaban J connectivity index is 1.55. The summed E-state index contributed by atoms with van der Waals surface area (Å²) in [6.45, 7) is 0.260. The lowest BCUT2D eigenvalue weighted by Crippen LogP contribution is -2.34. The molecule has 0 radical (unpaired) electrons. The number of thioether (sulfide) groups is 1. The highest BCUT2D eigenvalue weighted by Crippen LogP contribution is 2.41. The van der Waals surface area contributed by atoms with Crippen molar-refractivity contribution in [2.45, 2.75) is 17.7 Å². The summed E-state index contributed by atoms with van der Waals surface area (Å²) in [6.07, 6.45) is -10.0. The van der Waals surface area contributed by atoms with E-state index in [-0.39, 0.29) is 12.6 Å². The summed E-state index contributed by atoms with van der Waals surface area (Å²) < 4.78 is 84.7. The molecule has 0 bridgehead atoms. The summed E-state index contributed by atoms with van der Waals surface area (Å²) in [7, 11) is 0. The number of nitrogens with one attached hydrogen (secondary N) is 1. The molecule has 0 aliphatic carbocycles. The SMILES string of the molecule is O=C(Nc1cc(C(F)(F)F)cc(C(F)(F)F)c1)N1CCSC1c1cccc(Oc2ccccc2)c1. The molecule has 35 heavy (non-hydrogen) atoms. The molecule has 1 heterocycles. The minimum atomic E-state index is -5.01. The Morgan fingerprint density at radius 1 is 0.857 bits per heavy atom. The number of carbonyl (C=O) groups is 1. The van der Waals surface area contributed by atoms with E-state index in [9.17, 15) is 31.1 Å². The van der Waals surface area contributed by atoms with Crippen LogP contribution in [0.15, 0.2) is 72.8 Å². The topological polar surface area (TPSA) is 41.6 Å². The van der Waals surface area contributed by atoms with Gasteiger partial charge in [-0.1, -0.05) is 30.3 Å². The van der Waals surface area contributed by atoms with Gasteiger partial charge in [0.15, 0.2) is 0 Å². The van der Waals surface area contributed by atoms with Gasteiger partial charge in [-0.2, -0.15) is 26.3 Å². The molecule has 1 atom stereocenters. The van der Waals surface area contributed by atoms with Crippen molar-refractivity contribution in [3.8, 4) is 11.5 Å². The van der Waals surface area contributed by atoms with Crippen LogP contribution in [-0.2, 0) is 12.4 Å². The van der Waals surface area contributed by atoms with E-state index in [0.29, 0.717) is 34.9 Å². The average Bonchev–Trinajstić information content (AvgIpc) is 3.29.